The van der Waals surface area contributed by atoms with Crippen LogP contribution in [0.5, 0.6) is 0 Å². The first-order valence-electron chi connectivity index (χ1n) is 21.6. The first kappa shape index (κ1) is 52.5. The Morgan fingerprint density at radius 2 is 1.29 bits per heavy atom. The summed E-state index contributed by atoms with van der Waals surface area (Å²) >= 11 is 1.94. The van der Waals surface area contributed by atoms with Crippen LogP contribution in [0.4, 0.5) is 0 Å². The Morgan fingerprint density at radius 3 is 1.87 bits per heavy atom. The number of hydrogen-bond acceptors (Lipinski definition) is 10. The molecule has 1 heterocycles. The number of nitrogens with zero attached hydrogens (tertiary/aromatic N) is 1. The number of amides is 5. The summed E-state index contributed by atoms with van der Waals surface area (Å²) in [7, 11) is 0. The second-order valence-corrected chi connectivity index (χ2v) is 17.6. The summed E-state index contributed by atoms with van der Waals surface area (Å²) in [6, 6.07) is 14.3. The van der Waals surface area contributed by atoms with E-state index in [1.165, 1.54) is 6.92 Å². The van der Waals surface area contributed by atoms with E-state index in [0.717, 1.165) is 11.1 Å². The van der Waals surface area contributed by atoms with Gasteiger partial charge in [0.2, 0.25) is 29.5 Å². The first-order chi connectivity index (χ1) is 30.0. The molecule has 2 aromatic carbocycles. The molecule has 0 saturated carbocycles. The highest BCUT2D eigenvalue weighted by Gasteiger charge is 2.42. The van der Waals surface area contributed by atoms with Gasteiger partial charge < -0.3 is 36.1 Å². The van der Waals surface area contributed by atoms with Gasteiger partial charge in [-0.25, -0.2) is 0 Å². The van der Waals surface area contributed by atoms with Gasteiger partial charge in [0, 0.05) is 30.4 Å². The predicted octanol–water partition coefficient (Wildman–Crippen LogP) is 3.06. The van der Waals surface area contributed by atoms with Crippen LogP contribution in [-0.4, -0.2) is 120 Å². The van der Waals surface area contributed by atoms with Crippen molar-refractivity contribution in [1.82, 2.24) is 31.5 Å². The lowest BCUT2D eigenvalue weighted by molar-refractivity contribution is -0.164. The van der Waals surface area contributed by atoms with Gasteiger partial charge in [0.05, 0.1) is 38.8 Å². The number of alkyl halides is 1. The van der Waals surface area contributed by atoms with E-state index in [9.17, 15) is 33.6 Å². The van der Waals surface area contributed by atoms with Gasteiger partial charge in [-0.05, 0) is 55.6 Å². The smallest absolute Gasteiger partial charge is 0.307 e. The molecule has 344 valence electrons. The monoisotopic (exact) mass is 984 g/mol. The molecule has 0 radical (unpaired) electrons. The highest BCUT2D eigenvalue weighted by atomic mass is 127. The molecule has 1 aliphatic rings. The molecule has 2 aromatic rings. The van der Waals surface area contributed by atoms with Gasteiger partial charge in [0.1, 0.15) is 18.1 Å². The van der Waals surface area contributed by atoms with Gasteiger partial charge in [-0.3, -0.25) is 38.5 Å². The molecule has 63 heavy (non-hydrogen) atoms. The molecule has 15 nitrogen and oxygen atoms in total. The summed E-state index contributed by atoms with van der Waals surface area (Å²) in [4.78, 5) is 97.3. The maximum Gasteiger partial charge on any atom is 0.307 e. The number of carbonyl (C=O) groups is 7. The number of esters is 1. The van der Waals surface area contributed by atoms with E-state index >= 15 is 0 Å². The van der Waals surface area contributed by atoms with Crippen LogP contribution in [0.25, 0.3) is 0 Å². The average molecular weight is 985 g/mol. The van der Waals surface area contributed by atoms with Crippen LogP contribution in [0, 0.1) is 24.2 Å². The average Bonchev–Trinajstić information content (AvgIpc) is 3.25. The first-order valence-corrected chi connectivity index (χ1v) is 23.2. The number of carbonyl (C=O) groups excluding carboxylic acids is 7. The van der Waals surface area contributed by atoms with Gasteiger partial charge in [-0.1, -0.05) is 117 Å². The zero-order valence-corrected chi connectivity index (χ0v) is 39.4. The van der Waals surface area contributed by atoms with Crippen molar-refractivity contribution in [3.8, 4) is 12.3 Å². The molecule has 3 rings (SSSR count). The number of ketones is 1. The Morgan fingerprint density at radius 1 is 0.746 bits per heavy atom. The van der Waals surface area contributed by atoms with Gasteiger partial charge in [0.25, 0.3) is 0 Å². The summed E-state index contributed by atoms with van der Waals surface area (Å²) in [6.45, 7) is 11.4. The molecule has 0 bridgehead atoms. The Hall–Kier alpha value is -4.86. The summed E-state index contributed by atoms with van der Waals surface area (Å²) in [6.07, 6.45) is 5.96. The molecule has 1 fully saturated rings. The molecule has 16 heteroatoms. The Balaban J connectivity index is 1.85. The van der Waals surface area contributed by atoms with Crippen LogP contribution in [0.1, 0.15) is 77.8 Å². The van der Waals surface area contributed by atoms with E-state index < -0.39 is 65.1 Å². The number of rotatable bonds is 26. The summed E-state index contributed by atoms with van der Waals surface area (Å²) in [5.74, 6) is -1.71. The van der Waals surface area contributed by atoms with E-state index in [0.29, 0.717) is 32.7 Å². The zero-order valence-electron chi connectivity index (χ0n) is 37.2. The van der Waals surface area contributed by atoms with Crippen molar-refractivity contribution in [2.75, 3.05) is 43.8 Å². The minimum absolute atomic E-state index is 0.0124. The summed E-state index contributed by atoms with van der Waals surface area (Å²) in [5, 5.41) is 14.0. The second-order valence-electron chi connectivity index (χ2n) is 16.8. The van der Waals surface area contributed by atoms with Crippen LogP contribution in [0.15, 0.2) is 60.7 Å². The van der Waals surface area contributed by atoms with E-state index in [2.05, 4.69) is 32.5 Å². The van der Waals surface area contributed by atoms with Gasteiger partial charge >= 0.3 is 5.97 Å². The van der Waals surface area contributed by atoms with E-state index in [1.54, 1.807) is 12.1 Å². The number of morpholine rings is 1. The number of halogens is 1. The third kappa shape index (κ3) is 19.2. The molecule has 2 unspecified atom stereocenters. The normalized spacial score (nSPS) is 15.7. The maximum atomic E-state index is 14.4. The van der Waals surface area contributed by atoms with E-state index in [-0.39, 0.29) is 73.8 Å². The topological polar surface area (TPSA) is 201 Å². The molecule has 0 aliphatic carbocycles. The number of ether oxygens (including phenoxy) is 2. The second kappa shape index (κ2) is 27.4. The third-order valence-corrected chi connectivity index (χ3v) is 11.8. The summed E-state index contributed by atoms with van der Waals surface area (Å²) < 4.78 is 11.2. The highest BCUT2D eigenvalue weighted by molar-refractivity contribution is 14.1. The maximum absolute atomic E-state index is 14.4. The predicted molar refractivity (Wildman–Crippen MR) is 248 cm³/mol. The lowest BCUT2D eigenvalue weighted by Crippen LogP contribution is -2.60. The van der Waals surface area contributed by atoms with Gasteiger partial charge in [0.15, 0.2) is 11.4 Å². The fourth-order valence-electron chi connectivity index (χ4n) is 6.98. The minimum Gasteiger partial charge on any atom is -0.450 e. The Bertz CT molecular complexity index is 1850. The van der Waals surface area contributed by atoms with Crippen molar-refractivity contribution in [1.29, 1.82) is 0 Å². The largest absolute Gasteiger partial charge is 0.450 e. The molecule has 5 amide bonds. The quantitative estimate of drug-likeness (QED) is 0.0404. The standard InChI is InChI=1S/C47H65IN6O9/c1-7-22-49-40(55)20-21-42(57)63-47(6,31-48)43(58)37(27-32(2)3)51-46(61)39(29-35-16-12-9-13-17-35)53-45(60)38(28-33(4)5)52-44(59)36(19-18-34-14-10-8-11-15-34)50-41(56)30-54-23-25-62-26-24-54/h1,8-17,32-33,36-39H,18-31H2,2-6H3,(H,49,55)(H,50,56)(H,51,61)(H,52,59)(H,53,60)/t36-,37?,38-,39-,47?/m0/s1. The SMILES string of the molecule is C#CCNC(=O)CCC(=O)OC(C)(CI)C(=O)C(CC(C)C)NC(=O)[C@H](Cc1ccccc1)NC(=O)[C@H](CC(C)C)NC(=O)[C@H](CCc1ccccc1)NC(=O)CN1CCOCC1. The Labute approximate surface area is 385 Å². The van der Waals surface area contributed by atoms with Crippen LogP contribution in [-0.2, 0) is 55.9 Å². The number of aryl methyl sites for hydroxylation is 1. The molecular weight excluding hydrogens is 919 g/mol. The lowest BCUT2D eigenvalue weighted by Gasteiger charge is -2.32. The lowest BCUT2D eigenvalue weighted by atomic mass is 9.90. The van der Waals surface area contributed by atoms with Crippen molar-refractivity contribution >= 4 is 63.9 Å². The van der Waals surface area contributed by atoms with Crippen molar-refractivity contribution < 1.29 is 43.0 Å². The summed E-state index contributed by atoms with van der Waals surface area (Å²) in [5.41, 5.74) is 0.0610. The van der Waals surface area contributed by atoms with Crippen LogP contribution in [0.2, 0.25) is 0 Å². The third-order valence-electron chi connectivity index (χ3n) is 10.3. The molecule has 0 aromatic heterocycles. The van der Waals surface area contributed by atoms with Gasteiger partial charge in [-0.15, -0.1) is 6.42 Å². The van der Waals surface area contributed by atoms with Crippen molar-refractivity contribution in [3.63, 3.8) is 0 Å². The number of Topliss-reactive ketones (excluding diaryl/α,β-unsaturated/α-hetero) is 1. The van der Waals surface area contributed by atoms with Crippen molar-refractivity contribution in [3.05, 3.63) is 71.8 Å². The number of nitrogens with one attached hydrogen (secondary N) is 5. The minimum atomic E-state index is -1.65. The van der Waals surface area contributed by atoms with Crippen molar-refractivity contribution in [2.24, 2.45) is 11.8 Å². The fourth-order valence-corrected chi connectivity index (χ4v) is 7.51. The van der Waals surface area contributed by atoms with Crippen LogP contribution < -0.4 is 26.6 Å². The molecule has 5 atom stereocenters. The van der Waals surface area contributed by atoms with E-state index in [1.807, 2.05) is 104 Å². The molecule has 1 aliphatic heterocycles. The molecular formula is C47H65IN6O9. The molecule has 0 spiro atoms. The van der Waals surface area contributed by atoms with Crippen LogP contribution >= 0.6 is 22.6 Å². The van der Waals surface area contributed by atoms with Crippen molar-refractivity contribution in [2.45, 2.75) is 109 Å². The zero-order chi connectivity index (χ0) is 46.4. The van der Waals surface area contributed by atoms with E-state index in [4.69, 9.17) is 15.9 Å². The highest BCUT2D eigenvalue weighted by Crippen LogP contribution is 2.22. The molecule has 1 saturated heterocycles. The fraction of sp³-hybridized carbons (Fsp3) is 0.553. The Kier molecular flexibility index (Phi) is 22.8. The number of benzene rings is 2. The van der Waals surface area contributed by atoms with Crippen LogP contribution in [0.3, 0.4) is 0 Å². The molecule has 5 N–H and O–H groups in total. The van der Waals surface area contributed by atoms with Gasteiger partial charge in [-0.2, -0.15) is 0 Å². The number of terminal acetylenes is 1. The number of hydrogen-bond donors (Lipinski definition) is 5.